The van der Waals surface area contributed by atoms with Gasteiger partial charge in [-0.15, -0.1) is 11.3 Å². The fourth-order valence-corrected chi connectivity index (χ4v) is 4.36. The highest BCUT2D eigenvalue weighted by molar-refractivity contribution is 7.10. The number of hydrogen-bond acceptors (Lipinski definition) is 3. The van der Waals surface area contributed by atoms with Gasteiger partial charge in [-0.25, -0.2) is 0 Å². The Morgan fingerprint density at radius 1 is 1.04 bits per heavy atom. The van der Waals surface area contributed by atoms with E-state index >= 15 is 0 Å². The van der Waals surface area contributed by atoms with Crippen molar-refractivity contribution in [2.75, 3.05) is 4.90 Å². The molecule has 0 fully saturated rings. The van der Waals surface area contributed by atoms with E-state index in [1.54, 1.807) is 11.3 Å². The van der Waals surface area contributed by atoms with E-state index in [0.717, 1.165) is 21.7 Å². The third-order valence-corrected chi connectivity index (χ3v) is 5.76. The third kappa shape index (κ3) is 3.51. The van der Waals surface area contributed by atoms with Crippen molar-refractivity contribution in [3.8, 4) is 11.1 Å². The highest BCUT2D eigenvalue weighted by Crippen LogP contribution is 2.39. The van der Waals surface area contributed by atoms with Crippen LogP contribution in [0.25, 0.3) is 11.1 Å². The maximum absolute atomic E-state index is 13.2. The second-order valence-corrected chi connectivity index (χ2v) is 7.61. The first-order valence-electron chi connectivity index (χ1n) is 8.91. The predicted molar refractivity (Wildman–Crippen MR) is 109 cm³/mol. The number of thiophene rings is 1. The van der Waals surface area contributed by atoms with Crippen molar-refractivity contribution in [1.82, 2.24) is 5.32 Å². The van der Waals surface area contributed by atoms with Gasteiger partial charge in [-0.05, 0) is 28.6 Å². The number of benzene rings is 2. The highest BCUT2D eigenvalue weighted by atomic mass is 32.1. The molecule has 27 heavy (non-hydrogen) atoms. The van der Waals surface area contributed by atoms with Crippen molar-refractivity contribution < 1.29 is 9.59 Å². The van der Waals surface area contributed by atoms with E-state index in [9.17, 15) is 9.59 Å². The molecule has 1 atom stereocenters. The molecule has 0 radical (unpaired) electrons. The summed E-state index contributed by atoms with van der Waals surface area (Å²) in [5.74, 6) is -0.130. The van der Waals surface area contributed by atoms with E-state index in [1.807, 2.05) is 52.7 Å². The number of fused-ring (bicyclic) bond motifs is 3. The fourth-order valence-electron chi connectivity index (χ4n) is 3.58. The van der Waals surface area contributed by atoms with Gasteiger partial charge in [0, 0.05) is 17.4 Å². The Hall–Kier alpha value is -2.92. The van der Waals surface area contributed by atoms with Crippen molar-refractivity contribution in [2.24, 2.45) is 0 Å². The van der Waals surface area contributed by atoms with Crippen LogP contribution in [-0.2, 0) is 16.1 Å². The summed E-state index contributed by atoms with van der Waals surface area (Å²) in [6.07, 6.45) is 0.233. The lowest BCUT2D eigenvalue weighted by molar-refractivity contribution is -0.121. The van der Waals surface area contributed by atoms with Gasteiger partial charge in [0.15, 0.2) is 0 Å². The van der Waals surface area contributed by atoms with E-state index in [2.05, 4.69) is 23.5 Å². The molecule has 1 unspecified atom stereocenters. The summed E-state index contributed by atoms with van der Waals surface area (Å²) >= 11 is 1.55. The molecular weight excluding hydrogens is 356 g/mol. The van der Waals surface area contributed by atoms with Crippen molar-refractivity contribution in [2.45, 2.75) is 25.9 Å². The molecule has 3 aromatic rings. The Labute approximate surface area is 162 Å². The van der Waals surface area contributed by atoms with E-state index in [-0.39, 0.29) is 24.3 Å². The number of carbonyl (C=O) groups is 2. The molecule has 0 saturated carbocycles. The van der Waals surface area contributed by atoms with Crippen LogP contribution in [0.2, 0.25) is 0 Å². The number of nitrogens with one attached hydrogen (secondary N) is 1. The molecule has 4 rings (SSSR count). The first-order valence-corrected chi connectivity index (χ1v) is 9.79. The van der Waals surface area contributed by atoms with E-state index in [1.165, 1.54) is 12.5 Å². The number of carbonyl (C=O) groups excluding carboxylic acids is 2. The lowest BCUT2D eigenvalue weighted by Crippen LogP contribution is -2.37. The predicted octanol–water partition coefficient (Wildman–Crippen LogP) is 4.53. The zero-order valence-corrected chi connectivity index (χ0v) is 15.8. The van der Waals surface area contributed by atoms with Gasteiger partial charge in [-0.2, -0.15) is 0 Å². The van der Waals surface area contributed by atoms with Crippen LogP contribution in [-0.4, -0.2) is 11.8 Å². The Kier molecular flexibility index (Phi) is 4.77. The van der Waals surface area contributed by atoms with Crippen LogP contribution in [0.15, 0.2) is 66.0 Å². The maximum atomic E-state index is 13.2. The Balaban J connectivity index is 1.65. The molecule has 1 aromatic heterocycles. The summed E-state index contributed by atoms with van der Waals surface area (Å²) in [6, 6.07) is 19.8. The standard InChI is InChI=1S/C22H20N2O2S/c1-15(25)23-19(21-11-6-12-27-21)13-22(26)24-14-16-7-2-3-8-17(16)18-9-4-5-10-20(18)24/h2-12,19H,13-14H2,1H3,(H,23,25). The largest absolute Gasteiger partial charge is 0.348 e. The van der Waals surface area contributed by atoms with Gasteiger partial charge >= 0.3 is 0 Å². The monoisotopic (exact) mass is 376 g/mol. The van der Waals surface area contributed by atoms with Gasteiger partial charge in [-0.1, -0.05) is 48.5 Å². The van der Waals surface area contributed by atoms with Crippen LogP contribution in [0.5, 0.6) is 0 Å². The van der Waals surface area contributed by atoms with Crippen molar-refractivity contribution in [3.63, 3.8) is 0 Å². The topological polar surface area (TPSA) is 49.4 Å². The Morgan fingerprint density at radius 3 is 2.52 bits per heavy atom. The summed E-state index contributed by atoms with van der Waals surface area (Å²) < 4.78 is 0. The average Bonchev–Trinajstić information content (AvgIpc) is 3.21. The molecular formula is C22H20N2O2S. The Morgan fingerprint density at radius 2 is 1.78 bits per heavy atom. The molecule has 0 saturated heterocycles. The minimum absolute atomic E-state index is 0.00380. The minimum Gasteiger partial charge on any atom is -0.348 e. The second-order valence-electron chi connectivity index (χ2n) is 6.63. The number of rotatable bonds is 4. The lowest BCUT2D eigenvalue weighted by Gasteiger charge is -2.32. The summed E-state index contributed by atoms with van der Waals surface area (Å²) in [4.78, 5) is 27.7. The van der Waals surface area contributed by atoms with Crippen LogP contribution in [0.3, 0.4) is 0 Å². The van der Waals surface area contributed by atoms with Crippen LogP contribution in [0.1, 0.15) is 29.8 Å². The number of para-hydroxylation sites is 1. The second kappa shape index (κ2) is 7.37. The molecule has 1 N–H and O–H groups in total. The van der Waals surface area contributed by atoms with Gasteiger partial charge in [-0.3, -0.25) is 9.59 Å². The first-order chi connectivity index (χ1) is 13.1. The molecule has 4 nitrogen and oxygen atoms in total. The summed E-state index contributed by atoms with van der Waals surface area (Å²) in [7, 11) is 0. The number of amides is 2. The van der Waals surface area contributed by atoms with Crippen molar-refractivity contribution >= 4 is 28.8 Å². The fraction of sp³-hybridized carbons (Fsp3) is 0.182. The van der Waals surface area contributed by atoms with Gasteiger partial charge in [0.1, 0.15) is 0 Å². The van der Waals surface area contributed by atoms with Crippen LogP contribution < -0.4 is 10.2 Å². The van der Waals surface area contributed by atoms with E-state index < -0.39 is 0 Å². The average molecular weight is 376 g/mol. The number of nitrogens with zero attached hydrogens (tertiary/aromatic N) is 1. The van der Waals surface area contributed by atoms with Gasteiger partial charge in [0.05, 0.1) is 24.7 Å². The zero-order valence-electron chi connectivity index (χ0n) is 15.0. The van der Waals surface area contributed by atoms with Gasteiger partial charge < -0.3 is 10.2 Å². The molecule has 0 spiro atoms. The summed E-state index contributed by atoms with van der Waals surface area (Å²) in [5.41, 5.74) is 4.31. The van der Waals surface area contributed by atoms with E-state index in [0.29, 0.717) is 6.54 Å². The van der Waals surface area contributed by atoms with Crippen LogP contribution in [0, 0.1) is 0 Å². The molecule has 1 aliphatic rings. The molecule has 5 heteroatoms. The molecule has 136 valence electrons. The van der Waals surface area contributed by atoms with Crippen LogP contribution >= 0.6 is 11.3 Å². The summed E-state index contributed by atoms with van der Waals surface area (Å²) in [6.45, 7) is 2.03. The molecule has 1 aliphatic heterocycles. The smallest absolute Gasteiger partial charge is 0.229 e. The normalized spacial score (nSPS) is 13.4. The maximum Gasteiger partial charge on any atom is 0.229 e. The minimum atomic E-state index is -0.306. The highest BCUT2D eigenvalue weighted by Gasteiger charge is 2.28. The van der Waals surface area contributed by atoms with Crippen molar-refractivity contribution in [1.29, 1.82) is 0 Å². The summed E-state index contributed by atoms with van der Waals surface area (Å²) in [5, 5.41) is 4.88. The van der Waals surface area contributed by atoms with E-state index in [4.69, 9.17) is 0 Å². The van der Waals surface area contributed by atoms with Crippen molar-refractivity contribution in [3.05, 3.63) is 76.5 Å². The molecule has 2 aromatic carbocycles. The number of anilines is 1. The zero-order chi connectivity index (χ0) is 18.8. The van der Waals surface area contributed by atoms with Crippen LogP contribution in [0.4, 0.5) is 5.69 Å². The first kappa shape index (κ1) is 17.5. The van der Waals surface area contributed by atoms with Gasteiger partial charge in [0.2, 0.25) is 11.8 Å². The molecule has 0 bridgehead atoms. The number of hydrogen-bond donors (Lipinski definition) is 1. The SMILES string of the molecule is CC(=O)NC(CC(=O)N1Cc2ccccc2-c2ccccc21)c1cccs1. The lowest BCUT2D eigenvalue weighted by atomic mass is 9.93. The Bertz CT molecular complexity index is 981. The molecule has 0 aliphatic carbocycles. The molecule has 2 amide bonds. The molecule has 2 heterocycles. The third-order valence-electron chi connectivity index (χ3n) is 4.77. The van der Waals surface area contributed by atoms with Gasteiger partial charge in [0.25, 0.3) is 0 Å². The quantitative estimate of drug-likeness (QED) is 0.727.